The zero-order valence-electron chi connectivity index (χ0n) is 8.93. The first-order chi connectivity index (χ1) is 8.08. The Kier molecular flexibility index (Phi) is 4.15. The molecule has 1 N–H and O–H groups in total. The molecule has 0 bridgehead atoms. The van der Waals surface area contributed by atoms with E-state index in [2.05, 4.69) is 28.7 Å². The Morgan fingerprint density at radius 1 is 1.29 bits per heavy atom. The largest absolute Gasteiger partial charge is 0.364 e. The smallest absolute Gasteiger partial charge is 0.150 e. The summed E-state index contributed by atoms with van der Waals surface area (Å²) in [6, 6.07) is 3.66. The topological polar surface area (TPSA) is 24.9 Å². The lowest BCUT2D eigenvalue weighted by Gasteiger charge is -2.08. The summed E-state index contributed by atoms with van der Waals surface area (Å²) in [4.78, 5) is 5.34. The maximum absolute atomic E-state index is 6.02. The highest BCUT2D eigenvalue weighted by atomic mass is 35.5. The van der Waals surface area contributed by atoms with Crippen LogP contribution >= 0.6 is 46.1 Å². The molecule has 2 aromatic heterocycles. The van der Waals surface area contributed by atoms with Gasteiger partial charge in [0.15, 0.2) is 0 Å². The molecular formula is C11H9Cl3N2S. The molecule has 0 aliphatic carbocycles. The van der Waals surface area contributed by atoms with Gasteiger partial charge < -0.3 is 5.32 Å². The highest BCUT2D eigenvalue weighted by molar-refractivity contribution is 7.10. The van der Waals surface area contributed by atoms with Gasteiger partial charge in [0, 0.05) is 4.88 Å². The Morgan fingerprint density at radius 3 is 2.71 bits per heavy atom. The number of aromatic nitrogens is 1. The van der Waals surface area contributed by atoms with E-state index in [0.717, 1.165) is 0 Å². The van der Waals surface area contributed by atoms with E-state index in [1.54, 1.807) is 17.4 Å². The second kappa shape index (κ2) is 5.44. The zero-order chi connectivity index (χ0) is 12.4. The number of aryl methyl sites for hydroxylation is 1. The molecule has 2 heterocycles. The fourth-order valence-corrected chi connectivity index (χ4v) is 2.73. The van der Waals surface area contributed by atoms with E-state index in [1.165, 1.54) is 10.4 Å². The molecule has 17 heavy (non-hydrogen) atoms. The van der Waals surface area contributed by atoms with Crippen LogP contribution < -0.4 is 5.32 Å². The maximum atomic E-state index is 6.02. The predicted molar refractivity (Wildman–Crippen MR) is 75.6 cm³/mol. The van der Waals surface area contributed by atoms with E-state index in [9.17, 15) is 0 Å². The van der Waals surface area contributed by atoms with Crippen LogP contribution in [0.1, 0.15) is 10.4 Å². The summed E-state index contributed by atoms with van der Waals surface area (Å²) < 4.78 is 0. The van der Waals surface area contributed by atoms with Crippen LogP contribution in [0, 0.1) is 6.92 Å². The Labute approximate surface area is 119 Å². The molecule has 0 amide bonds. The molecule has 0 aliphatic rings. The van der Waals surface area contributed by atoms with Crippen LogP contribution in [0.4, 0.5) is 5.82 Å². The fourth-order valence-electron chi connectivity index (χ4n) is 1.32. The molecule has 0 spiro atoms. The van der Waals surface area contributed by atoms with Gasteiger partial charge in [0.05, 0.1) is 16.6 Å². The lowest BCUT2D eigenvalue weighted by molar-refractivity contribution is 1.13. The van der Waals surface area contributed by atoms with Crippen molar-refractivity contribution in [1.29, 1.82) is 0 Å². The van der Waals surface area contributed by atoms with Gasteiger partial charge >= 0.3 is 0 Å². The van der Waals surface area contributed by atoms with E-state index in [0.29, 0.717) is 22.4 Å². The Hall–Kier alpha value is -0.480. The summed E-state index contributed by atoms with van der Waals surface area (Å²) >= 11 is 19.4. The van der Waals surface area contributed by atoms with Gasteiger partial charge in [0.25, 0.3) is 0 Å². The van der Waals surface area contributed by atoms with Crippen molar-refractivity contribution in [2.45, 2.75) is 13.5 Å². The monoisotopic (exact) mass is 306 g/mol. The third-order valence-corrected chi connectivity index (χ3v) is 4.26. The molecule has 0 fully saturated rings. The van der Waals surface area contributed by atoms with Crippen LogP contribution in [0.25, 0.3) is 0 Å². The number of hydrogen-bond donors (Lipinski definition) is 1. The van der Waals surface area contributed by atoms with Gasteiger partial charge in [0.1, 0.15) is 11.0 Å². The van der Waals surface area contributed by atoms with E-state index >= 15 is 0 Å². The number of anilines is 1. The van der Waals surface area contributed by atoms with Gasteiger partial charge in [-0.1, -0.05) is 34.8 Å². The zero-order valence-corrected chi connectivity index (χ0v) is 12.0. The lowest BCUT2D eigenvalue weighted by Crippen LogP contribution is -2.01. The average molecular weight is 308 g/mol. The second-order valence-corrected chi connectivity index (χ2v) is 5.64. The Morgan fingerprint density at radius 2 is 2.06 bits per heavy atom. The quantitative estimate of drug-likeness (QED) is 0.805. The number of nitrogens with zero attached hydrogens (tertiary/aromatic N) is 1. The van der Waals surface area contributed by atoms with Crippen molar-refractivity contribution in [1.82, 2.24) is 4.98 Å². The van der Waals surface area contributed by atoms with E-state index in [4.69, 9.17) is 34.8 Å². The fraction of sp³-hybridized carbons (Fsp3) is 0.182. The lowest BCUT2D eigenvalue weighted by atomic mass is 10.3. The predicted octanol–water partition coefficient (Wildman–Crippen LogP) is 5.02. The summed E-state index contributed by atoms with van der Waals surface area (Å²) in [5, 5.41) is 6.27. The normalized spacial score (nSPS) is 10.6. The molecule has 2 aromatic rings. The van der Waals surface area contributed by atoms with Gasteiger partial charge in [-0.3, -0.25) is 0 Å². The number of halogens is 3. The molecule has 0 saturated carbocycles. The Bertz CT molecular complexity index is 540. The van der Waals surface area contributed by atoms with Crippen molar-refractivity contribution in [3.8, 4) is 0 Å². The third kappa shape index (κ3) is 3.05. The highest BCUT2D eigenvalue weighted by Gasteiger charge is 2.08. The first-order valence-electron chi connectivity index (χ1n) is 4.86. The molecule has 0 saturated heterocycles. The van der Waals surface area contributed by atoms with Crippen LogP contribution in [0.15, 0.2) is 17.5 Å². The summed E-state index contributed by atoms with van der Waals surface area (Å²) in [6.07, 6.45) is 0. The van der Waals surface area contributed by atoms with Gasteiger partial charge in [0.2, 0.25) is 0 Å². The molecule has 0 atom stereocenters. The first kappa shape index (κ1) is 13.0. The Balaban J connectivity index is 2.14. The van der Waals surface area contributed by atoms with Crippen LogP contribution in [0.2, 0.25) is 15.2 Å². The minimum Gasteiger partial charge on any atom is -0.364 e. The van der Waals surface area contributed by atoms with Crippen LogP contribution in [0.5, 0.6) is 0 Å². The molecule has 90 valence electrons. The summed E-state index contributed by atoms with van der Waals surface area (Å²) in [5.74, 6) is 0.550. The SMILES string of the molecule is Cc1ccsc1CNc1nc(Cl)c(Cl)cc1Cl. The number of nitrogens with one attached hydrogen (secondary N) is 1. The van der Waals surface area contributed by atoms with Gasteiger partial charge in [-0.05, 0) is 30.0 Å². The average Bonchev–Trinajstić information content (AvgIpc) is 2.68. The number of rotatable bonds is 3. The van der Waals surface area contributed by atoms with Crippen molar-refractivity contribution >= 4 is 52.0 Å². The standard InChI is InChI=1S/C11H9Cl3N2S/c1-6-2-3-17-9(6)5-15-11-8(13)4-7(12)10(14)16-11/h2-4H,5H2,1H3,(H,15,16). The minimum atomic E-state index is 0.251. The van der Waals surface area contributed by atoms with E-state index in [-0.39, 0.29) is 5.15 Å². The molecule has 2 rings (SSSR count). The van der Waals surface area contributed by atoms with Gasteiger partial charge in [-0.15, -0.1) is 11.3 Å². The number of hydrogen-bond acceptors (Lipinski definition) is 3. The summed E-state index contributed by atoms with van der Waals surface area (Å²) in [7, 11) is 0. The number of thiophene rings is 1. The van der Waals surface area contributed by atoms with Crippen molar-refractivity contribution in [3.63, 3.8) is 0 Å². The molecule has 0 aromatic carbocycles. The summed E-state index contributed by atoms with van der Waals surface area (Å²) in [5.41, 5.74) is 1.25. The van der Waals surface area contributed by atoms with Crippen molar-refractivity contribution in [3.05, 3.63) is 43.2 Å². The number of pyridine rings is 1. The van der Waals surface area contributed by atoms with Crippen molar-refractivity contribution in [2.24, 2.45) is 0 Å². The molecule has 0 radical (unpaired) electrons. The van der Waals surface area contributed by atoms with Crippen LogP contribution in [-0.2, 0) is 6.54 Å². The molecule has 2 nitrogen and oxygen atoms in total. The van der Waals surface area contributed by atoms with Crippen molar-refractivity contribution < 1.29 is 0 Å². The maximum Gasteiger partial charge on any atom is 0.150 e. The summed E-state index contributed by atoms with van der Waals surface area (Å²) in [6.45, 7) is 2.74. The van der Waals surface area contributed by atoms with Crippen molar-refractivity contribution in [2.75, 3.05) is 5.32 Å². The molecule has 0 unspecified atom stereocenters. The molecular weight excluding hydrogens is 299 g/mol. The highest BCUT2D eigenvalue weighted by Crippen LogP contribution is 2.29. The third-order valence-electron chi connectivity index (χ3n) is 2.27. The van der Waals surface area contributed by atoms with Crippen LogP contribution in [-0.4, -0.2) is 4.98 Å². The minimum absolute atomic E-state index is 0.251. The van der Waals surface area contributed by atoms with Gasteiger partial charge in [-0.25, -0.2) is 4.98 Å². The first-order valence-corrected chi connectivity index (χ1v) is 6.87. The molecule has 6 heteroatoms. The van der Waals surface area contributed by atoms with E-state index < -0.39 is 0 Å². The van der Waals surface area contributed by atoms with Crippen LogP contribution in [0.3, 0.4) is 0 Å². The second-order valence-electron chi connectivity index (χ2n) is 3.47. The molecule has 0 aliphatic heterocycles. The van der Waals surface area contributed by atoms with Gasteiger partial charge in [-0.2, -0.15) is 0 Å². The van der Waals surface area contributed by atoms with E-state index in [1.807, 2.05) is 0 Å².